The molecule has 1 amide bonds. The maximum Gasteiger partial charge on any atom is 0.227 e. The van der Waals surface area contributed by atoms with Crippen molar-refractivity contribution in [3.63, 3.8) is 0 Å². The number of nitrogens with one attached hydrogen (secondary N) is 1. The van der Waals surface area contributed by atoms with Gasteiger partial charge in [0.15, 0.2) is 0 Å². The molecule has 3 heterocycles. The first kappa shape index (κ1) is 17.6. The third-order valence-electron chi connectivity index (χ3n) is 5.83. The van der Waals surface area contributed by atoms with E-state index in [9.17, 15) is 4.79 Å². The average Bonchev–Trinajstić information content (AvgIpc) is 3.07. The van der Waals surface area contributed by atoms with Gasteiger partial charge in [-0.05, 0) is 42.9 Å². The molecular weight excluding hydrogens is 326 g/mol. The molecule has 2 aromatic rings. The van der Waals surface area contributed by atoms with Gasteiger partial charge in [-0.15, -0.1) is 0 Å². The summed E-state index contributed by atoms with van der Waals surface area (Å²) in [6.45, 7) is 8.75. The molecule has 1 atom stereocenters. The molecule has 2 aliphatic rings. The third-order valence-corrected chi connectivity index (χ3v) is 5.83. The summed E-state index contributed by atoms with van der Waals surface area (Å²) in [6.07, 6.45) is 4.85. The lowest BCUT2D eigenvalue weighted by Crippen LogP contribution is -2.46. The highest BCUT2D eigenvalue weighted by molar-refractivity contribution is 5.91. The van der Waals surface area contributed by atoms with Crippen LogP contribution in [-0.4, -0.2) is 66.6 Å². The fraction of sp³-hybridized carbons (Fsp3) is 0.571. The highest BCUT2D eigenvalue weighted by Gasteiger charge is 2.26. The van der Waals surface area contributed by atoms with Crippen molar-refractivity contribution >= 4 is 16.8 Å². The van der Waals surface area contributed by atoms with Gasteiger partial charge < -0.3 is 14.6 Å². The van der Waals surface area contributed by atoms with E-state index in [-0.39, 0.29) is 5.91 Å². The molecule has 140 valence electrons. The smallest absolute Gasteiger partial charge is 0.227 e. The van der Waals surface area contributed by atoms with Crippen LogP contribution in [0, 0.1) is 12.8 Å². The second kappa shape index (κ2) is 7.80. The van der Waals surface area contributed by atoms with Crippen molar-refractivity contribution in [3.8, 4) is 0 Å². The number of fused-ring (bicyclic) bond motifs is 1. The molecule has 0 aliphatic carbocycles. The van der Waals surface area contributed by atoms with E-state index in [0.29, 0.717) is 12.3 Å². The zero-order valence-corrected chi connectivity index (χ0v) is 15.7. The number of H-pyrrole nitrogens is 1. The molecule has 2 fully saturated rings. The number of carbonyl (C=O) groups excluding carboxylic acids is 1. The van der Waals surface area contributed by atoms with Gasteiger partial charge in [-0.2, -0.15) is 0 Å². The first-order valence-electron chi connectivity index (χ1n) is 9.84. The molecular formula is C21H29N3O2. The lowest BCUT2D eigenvalue weighted by Gasteiger charge is -2.36. The van der Waals surface area contributed by atoms with Gasteiger partial charge in [0, 0.05) is 49.8 Å². The average molecular weight is 355 g/mol. The summed E-state index contributed by atoms with van der Waals surface area (Å²) in [6, 6.07) is 6.25. The summed E-state index contributed by atoms with van der Waals surface area (Å²) in [5, 5.41) is 1.21. The first-order valence-corrected chi connectivity index (χ1v) is 9.84. The Labute approximate surface area is 155 Å². The van der Waals surface area contributed by atoms with Crippen molar-refractivity contribution in [1.82, 2.24) is 14.8 Å². The number of piperidine rings is 1. The number of hydrogen-bond acceptors (Lipinski definition) is 3. The molecule has 0 spiro atoms. The van der Waals surface area contributed by atoms with Crippen LogP contribution in [0.5, 0.6) is 0 Å². The van der Waals surface area contributed by atoms with Gasteiger partial charge in [-0.25, -0.2) is 0 Å². The molecule has 26 heavy (non-hydrogen) atoms. The molecule has 0 radical (unpaired) electrons. The largest absolute Gasteiger partial charge is 0.379 e. The summed E-state index contributed by atoms with van der Waals surface area (Å²) in [5.74, 6) is 0.858. The molecule has 5 heteroatoms. The second-order valence-electron chi connectivity index (χ2n) is 7.75. The van der Waals surface area contributed by atoms with Crippen molar-refractivity contribution in [2.75, 3.05) is 45.9 Å². The molecule has 2 saturated heterocycles. The van der Waals surface area contributed by atoms with Crippen LogP contribution in [0.2, 0.25) is 0 Å². The molecule has 1 aromatic heterocycles. The number of aromatic nitrogens is 1. The number of aromatic amines is 1. The van der Waals surface area contributed by atoms with E-state index in [4.69, 9.17) is 4.74 Å². The van der Waals surface area contributed by atoms with E-state index in [0.717, 1.165) is 63.4 Å². The zero-order chi connectivity index (χ0) is 17.9. The Kier molecular flexibility index (Phi) is 5.27. The Hall–Kier alpha value is -1.85. The standard InChI is InChI=1S/C21H29N3O2/c1-16-4-2-6-19-21(16)18(13-22-19)12-20(25)24-7-3-5-17(15-24)14-23-8-10-26-11-9-23/h2,4,6,13,17,22H,3,5,7-12,14-15H2,1H3. The van der Waals surface area contributed by atoms with Crippen LogP contribution in [0.1, 0.15) is 24.0 Å². The van der Waals surface area contributed by atoms with E-state index < -0.39 is 0 Å². The van der Waals surface area contributed by atoms with Crippen molar-refractivity contribution in [3.05, 3.63) is 35.5 Å². The van der Waals surface area contributed by atoms with Crippen LogP contribution in [-0.2, 0) is 16.0 Å². The number of ether oxygens (including phenoxy) is 1. The van der Waals surface area contributed by atoms with Crippen LogP contribution < -0.4 is 0 Å². The summed E-state index contributed by atoms with van der Waals surface area (Å²) in [7, 11) is 0. The summed E-state index contributed by atoms with van der Waals surface area (Å²) in [4.78, 5) is 20.8. The number of likely N-dealkylation sites (tertiary alicyclic amines) is 1. The van der Waals surface area contributed by atoms with Gasteiger partial charge >= 0.3 is 0 Å². The summed E-state index contributed by atoms with van der Waals surface area (Å²) in [5.41, 5.74) is 3.48. The molecule has 1 N–H and O–H groups in total. The van der Waals surface area contributed by atoms with E-state index in [2.05, 4.69) is 39.9 Å². The minimum Gasteiger partial charge on any atom is -0.379 e. The first-order chi connectivity index (χ1) is 12.7. The SMILES string of the molecule is Cc1cccc2[nH]cc(CC(=O)N3CCCC(CN4CCOCC4)C3)c12. The predicted molar refractivity (Wildman–Crippen MR) is 103 cm³/mol. The second-order valence-corrected chi connectivity index (χ2v) is 7.75. The molecule has 5 nitrogen and oxygen atoms in total. The lowest BCUT2D eigenvalue weighted by molar-refractivity contribution is -0.132. The van der Waals surface area contributed by atoms with Crippen LogP contribution in [0.4, 0.5) is 0 Å². The number of hydrogen-bond donors (Lipinski definition) is 1. The van der Waals surface area contributed by atoms with Gasteiger partial charge in [0.25, 0.3) is 0 Å². The lowest BCUT2D eigenvalue weighted by atomic mass is 9.96. The number of rotatable bonds is 4. The topological polar surface area (TPSA) is 48.6 Å². The monoisotopic (exact) mass is 355 g/mol. The Balaban J connectivity index is 1.39. The van der Waals surface area contributed by atoms with Gasteiger partial charge in [0.2, 0.25) is 5.91 Å². The minimum absolute atomic E-state index is 0.265. The van der Waals surface area contributed by atoms with Gasteiger partial charge in [-0.1, -0.05) is 12.1 Å². The van der Waals surface area contributed by atoms with E-state index in [1.807, 2.05) is 6.20 Å². The fourth-order valence-electron chi connectivity index (χ4n) is 4.45. The molecule has 4 rings (SSSR count). The van der Waals surface area contributed by atoms with Crippen LogP contribution >= 0.6 is 0 Å². The predicted octanol–water partition coefficient (Wildman–Crippen LogP) is 2.59. The highest BCUT2D eigenvalue weighted by Crippen LogP contribution is 2.24. The highest BCUT2D eigenvalue weighted by atomic mass is 16.5. The molecule has 2 aliphatic heterocycles. The van der Waals surface area contributed by atoms with E-state index in [1.54, 1.807) is 0 Å². The molecule has 1 aromatic carbocycles. The number of benzene rings is 1. The normalized spacial score (nSPS) is 22.0. The van der Waals surface area contributed by atoms with Gasteiger partial charge in [0.1, 0.15) is 0 Å². The number of amides is 1. The molecule has 0 bridgehead atoms. The quantitative estimate of drug-likeness (QED) is 0.917. The van der Waals surface area contributed by atoms with Crippen molar-refractivity contribution < 1.29 is 9.53 Å². The fourth-order valence-corrected chi connectivity index (χ4v) is 4.45. The van der Waals surface area contributed by atoms with E-state index in [1.165, 1.54) is 17.4 Å². The Morgan fingerprint density at radius 2 is 2.12 bits per heavy atom. The summed E-state index contributed by atoms with van der Waals surface area (Å²) < 4.78 is 5.44. The van der Waals surface area contributed by atoms with E-state index >= 15 is 0 Å². The molecule has 0 saturated carbocycles. The van der Waals surface area contributed by atoms with Gasteiger partial charge in [0.05, 0.1) is 19.6 Å². The van der Waals surface area contributed by atoms with Crippen molar-refractivity contribution in [1.29, 1.82) is 0 Å². The zero-order valence-electron chi connectivity index (χ0n) is 15.7. The van der Waals surface area contributed by atoms with Crippen molar-refractivity contribution in [2.24, 2.45) is 5.92 Å². The minimum atomic E-state index is 0.265. The van der Waals surface area contributed by atoms with Crippen LogP contribution in [0.15, 0.2) is 24.4 Å². The van der Waals surface area contributed by atoms with Crippen molar-refractivity contribution in [2.45, 2.75) is 26.2 Å². The van der Waals surface area contributed by atoms with Crippen LogP contribution in [0.3, 0.4) is 0 Å². The Morgan fingerprint density at radius 1 is 1.27 bits per heavy atom. The summed E-state index contributed by atoms with van der Waals surface area (Å²) >= 11 is 0. The number of aryl methyl sites for hydroxylation is 1. The van der Waals surface area contributed by atoms with Crippen LogP contribution in [0.25, 0.3) is 10.9 Å². The number of morpholine rings is 1. The molecule has 1 unspecified atom stereocenters. The third kappa shape index (κ3) is 3.79. The maximum atomic E-state index is 12.9. The Morgan fingerprint density at radius 3 is 2.96 bits per heavy atom. The number of carbonyl (C=O) groups is 1. The number of nitrogens with zero attached hydrogens (tertiary/aromatic N) is 2. The Bertz CT molecular complexity index is 764. The van der Waals surface area contributed by atoms with Gasteiger partial charge in [-0.3, -0.25) is 9.69 Å². The maximum absolute atomic E-state index is 12.9.